The van der Waals surface area contributed by atoms with Gasteiger partial charge in [0.25, 0.3) is 5.91 Å². The highest BCUT2D eigenvalue weighted by atomic mass is 79.9. The van der Waals surface area contributed by atoms with Crippen LogP contribution in [0.1, 0.15) is 25.8 Å². The minimum Gasteiger partial charge on any atom is -0.493 e. The molecule has 0 radical (unpaired) electrons. The fourth-order valence-corrected chi connectivity index (χ4v) is 2.20. The van der Waals surface area contributed by atoms with Crippen molar-refractivity contribution in [1.29, 1.82) is 0 Å². The van der Waals surface area contributed by atoms with E-state index in [9.17, 15) is 4.79 Å². The van der Waals surface area contributed by atoms with E-state index in [0.29, 0.717) is 17.5 Å². The summed E-state index contributed by atoms with van der Waals surface area (Å²) in [6.07, 6.45) is 1.07. The Hall–Kier alpha value is -1.27. The molecule has 3 N–H and O–H groups in total. The molecule has 20 heavy (non-hydrogen) atoms. The maximum Gasteiger partial charge on any atom is 0.255 e. The van der Waals surface area contributed by atoms with Crippen LogP contribution in [0.3, 0.4) is 0 Å². The van der Waals surface area contributed by atoms with E-state index in [0.717, 1.165) is 23.0 Å². The number of hydrogen-bond donors (Lipinski definition) is 2. The van der Waals surface area contributed by atoms with Gasteiger partial charge in [0, 0.05) is 12.6 Å². The van der Waals surface area contributed by atoms with Gasteiger partial charge >= 0.3 is 0 Å². The number of nitrogens with one attached hydrogen (secondary N) is 1. The molecular weight excluding hydrogens is 324 g/mol. The van der Waals surface area contributed by atoms with E-state index in [1.54, 1.807) is 7.11 Å². The number of ether oxygens (including phenoxy) is 2. The second-order valence-corrected chi connectivity index (χ2v) is 5.41. The summed E-state index contributed by atoms with van der Waals surface area (Å²) in [5, 5.41) is 3.41. The van der Waals surface area contributed by atoms with E-state index in [-0.39, 0.29) is 6.61 Å². The predicted octanol–water partition coefficient (Wildman–Crippen LogP) is 2.21. The average Bonchev–Trinajstić information content (AvgIpc) is 2.42. The van der Waals surface area contributed by atoms with E-state index in [4.69, 9.17) is 15.2 Å². The zero-order chi connectivity index (χ0) is 15.1. The summed E-state index contributed by atoms with van der Waals surface area (Å²) in [6.45, 7) is 4.82. The molecule has 0 aromatic heterocycles. The second-order valence-electron chi connectivity index (χ2n) is 4.55. The number of carbonyl (C=O) groups is 1. The van der Waals surface area contributed by atoms with Crippen LogP contribution in [0.25, 0.3) is 0 Å². The van der Waals surface area contributed by atoms with Gasteiger partial charge in [-0.15, -0.1) is 0 Å². The highest BCUT2D eigenvalue weighted by Gasteiger charge is 2.13. The zero-order valence-electron chi connectivity index (χ0n) is 12.0. The third-order valence-corrected chi connectivity index (χ3v) is 3.50. The number of primary amides is 1. The Morgan fingerprint density at radius 2 is 2.20 bits per heavy atom. The van der Waals surface area contributed by atoms with Crippen LogP contribution in [0.5, 0.6) is 11.5 Å². The molecule has 1 atom stereocenters. The highest BCUT2D eigenvalue weighted by molar-refractivity contribution is 9.10. The fraction of sp³-hybridized carbons (Fsp3) is 0.500. The molecule has 0 aliphatic rings. The Balaban J connectivity index is 2.86. The molecule has 0 saturated carbocycles. The topological polar surface area (TPSA) is 73.6 Å². The Bertz CT molecular complexity index is 466. The first-order valence-corrected chi connectivity index (χ1v) is 7.28. The molecule has 0 fully saturated rings. The van der Waals surface area contributed by atoms with Crippen LogP contribution in [0.2, 0.25) is 0 Å². The van der Waals surface area contributed by atoms with Crippen molar-refractivity contribution in [1.82, 2.24) is 5.32 Å². The second kappa shape index (κ2) is 8.11. The minimum atomic E-state index is -0.526. The van der Waals surface area contributed by atoms with Crippen molar-refractivity contribution in [3.8, 4) is 11.5 Å². The Kier molecular flexibility index (Phi) is 6.81. The van der Waals surface area contributed by atoms with E-state index in [1.807, 2.05) is 12.1 Å². The van der Waals surface area contributed by atoms with Gasteiger partial charge in [-0.3, -0.25) is 4.79 Å². The van der Waals surface area contributed by atoms with Crippen LogP contribution in [0.15, 0.2) is 16.6 Å². The van der Waals surface area contributed by atoms with Gasteiger partial charge in [0.15, 0.2) is 18.1 Å². The molecule has 0 unspecified atom stereocenters. The summed E-state index contributed by atoms with van der Waals surface area (Å²) >= 11 is 3.43. The van der Waals surface area contributed by atoms with E-state index in [2.05, 4.69) is 35.1 Å². The predicted molar refractivity (Wildman–Crippen MR) is 82.0 cm³/mol. The van der Waals surface area contributed by atoms with Crippen LogP contribution in [0, 0.1) is 0 Å². The number of carbonyl (C=O) groups excluding carboxylic acids is 1. The van der Waals surface area contributed by atoms with Gasteiger partial charge in [-0.05, 0) is 47.0 Å². The molecule has 0 aliphatic carbocycles. The SMILES string of the molecule is CC[C@@H](C)NCc1cc(Br)c(OCC(N)=O)c(OC)c1. The third-order valence-electron chi connectivity index (χ3n) is 2.92. The molecule has 1 aromatic carbocycles. The summed E-state index contributed by atoms with van der Waals surface area (Å²) in [6, 6.07) is 4.27. The number of benzene rings is 1. The van der Waals surface area contributed by atoms with Gasteiger partial charge in [0.2, 0.25) is 0 Å². The average molecular weight is 345 g/mol. The fourth-order valence-electron chi connectivity index (χ4n) is 1.60. The van der Waals surface area contributed by atoms with Crippen LogP contribution >= 0.6 is 15.9 Å². The van der Waals surface area contributed by atoms with Crippen molar-refractivity contribution in [2.24, 2.45) is 5.73 Å². The van der Waals surface area contributed by atoms with E-state index < -0.39 is 5.91 Å². The summed E-state index contributed by atoms with van der Waals surface area (Å²) in [4.78, 5) is 10.8. The largest absolute Gasteiger partial charge is 0.493 e. The van der Waals surface area contributed by atoms with E-state index >= 15 is 0 Å². The maximum absolute atomic E-state index is 10.8. The smallest absolute Gasteiger partial charge is 0.255 e. The van der Waals surface area contributed by atoms with Gasteiger partial charge in [0.05, 0.1) is 11.6 Å². The van der Waals surface area contributed by atoms with Gasteiger partial charge < -0.3 is 20.5 Å². The van der Waals surface area contributed by atoms with Gasteiger partial charge in [0.1, 0.15) is 0 Å². The zero-order valence-corrected chi connectivity index (χ0v) is 13.6. The molecule has 0 spiro atoms. The monoisotopic (exact) mass is 344 g/mol. The summed E-state index contributed by atoms with van der Waals surface area (Å²) in [7, 11) is 1.56. The Morgan fingerprint density at radius 3 is 2.75 bits per heavy atom. The Labute approximate surface area is 127 Å². The molecule has 6 heteroatoms. The number of nitrogens with two attached hydrogens (primary N) is 1. The lowest BCUT2D eigenvalue weighted by molar-refractivity contribution is -0.119. The first kappa shape index (κ1) is 16.8. The normalized spacial score (nSPS) is 12.0. The molecule has 112 valence electrons. The van der Waals surface area contributed by atoms with Crippen LogP contribution in [-0.2, 0) is 11.3 Å². The molecule has 0 heterocycles. The molecule has 0 saturated heterocycles. The number of amides is 1. The molecule has 1 amide bonds. The van der Waals surface area contributed by atoms with Crippen molar-refractivity contribution in [2.45, 2.75) is 32.9 Å². The first-order chi connectivity index (χ1) is 9.47. The lowest BCUT2D eigenvalue weighted by atomic mass is 10.1. The van der Waals surface area contributed by atoms with Gasteiger partial charge in [-0.25, -0.2) is 0 Å². The van der Waals surface area contributed by atoms with Crippen molar-refractivity contribution < 1.29 is 14.3 Å². The van der Waals surface area contributed by atoms with Crippen molar-refractivity contribution in [2.75, 3.05) is 13.7 Å². The lowest BCUT2D eigenvalue weighted by Gasteiger charge is -2.15. The van der Waals surface area contributed by atoms with Crippen molar-refractivity contribution >= 4 is 21.8 Å². The number of halogens is 1. The number of hydrogen-bond acceptors (Lipinski definition) is 4. The van der Waals surface area contributed by atoms with Crippen molar-refractivity contribution in [3.05, 3.63) is 22.2 Å². The summed E-state index contributed by atoms with van der Waals surface area (Å²) in [5.41, 5.74) is 6.15. The number of rotatable bonds is 8. The first-order valence-electron chi connectivity index (χ1n) is 6.48. The summed E-state index contributed by atoms with van der Waals surface area (Å²) < 4.78 is 11.4. The highest BCUT2D eigenvalue weighted by Crippen LogP contribution is 2.36. The molecule has 1 aromatic rings. The minimum absolute atomic E-state index is 0.181. The van der Waals surface area contributed by atoms with E-state index in [1.165, 1.54) is 0 Å². The van der Waals surface area contributed by atoms with Crippen LogP contribution < -0.4 is 20.5 Å². The molecule has 0 bridgehead atoms. The molecule has 5 nitrogen and oxygen atoms in total. The van der Waals surface area contributed by atoms with Gasteiger partial charge in [-0.1, -0.05) is 6.92 Å². The van der Waals surface area contributed by atoms with Crippen LogP contribution in [0.4, 0.5) is 0 Å². The standard InChI is InChI=1S/C14H21BrN2O3/c1-4-9(2)17-7-10-5-11(15)14(12(6-10)19-3)20-8-13(16)18/h5-6,9,17H,4,7-8H2,1-3H3,(H2,16,18)/t9-/m1/s1. The Morgan fingerprint density at radius 1 is 1.50 bits per heavy atom. The molecular formula is C14H21BrN2O3. The molecule has 1 rings (SSSR count). The van der Waals surface area contributed by atoms with Crippen molar-refractivity contribution in [3.63, 3.8) is 0 Å². The van der Waals surface area contributed by atoms with Gasteiger partial charge in [-0.2, -0.15) is 0 Å². The quantitative estimate of drug-likeness (QED) is 0.758. The lowest BCUT2D eigenvalue weighted by Crippen LogP contribution is -2.24. The maximum atomic E-state index is 10.8. The third kappa shape index (κ3) is 5.02. The van der Waals surface area contributed by atoms with Crippen LogP contribution in [-0.4, -0.2) is 25.7 Å². The molecule has 0 aliphatic heterocycles. The number of methoxy groups -OCH3 is 1. The summed E-state index contributed by atoms with van der Waals surface area (Å²) in [5.74, 6) is 0.529.